The lowest BCUT2D eigenvalue weighted by Crippen LogP contribution is -2.46. The van der Waals surface area contributed by atoms with Crippen LogP contribution >= 0.6 is 27.7 Å². The van der Waals surface area contributed by atoms with Crippen LogP contribution in [-0.4, -0.2) is 59.7 Å². The third kappa shape index (κ3) is 4.10. The van der Waals surface area contributed by atoms with Crippen molar-refractivity contribution in [1.29, 1.82) is 0 Å². The van der Waals surface area contributed by atoms with Crippen LogP contribution in [0.25, 0.3) is 6.08 Å². The average Bonchev–Trinajstić information content (AvgIpc) is 2.86. The molecule has 0 radical (unpaired) electrons. The van der Waals surface area contributed by atoms with Crippen LogP contribution < -0.4 is 0 Å². The van der Waals surface area contributed by atoms with Gasteiger partial charge in [-0.25, -0.2) is 4.39 Å². The van der Waals surface area contributed by atoms with E-state index < -0.39 is 17.0 Å². The molecule has 132 valence electrons. The summed E-state index contributed by atoms with van der Waals surface area (Å²) in [6.07, 6.45) is 1.32. The van der Waals surface area contributed by atoms with Gasteiger partial charge in [-0.15, -0.1) is 0 Å². The Morgan fingerprint density at radius 3 is 2.76 bits per heavy atom. The third-order valence-corrected chi connectivity index (χ3v) is 5.18. The van der Waals surface area contributed by atoms with E-state index in [1.807, 2.05) is 0 Å². The fraction of sp³-hybridized carbons (Fsp3) is 0.312. The SMILES string of the molecule is O=C(CN1C(=O)S/C(=C\c2cc(Br)ccc2F)C1=O)N1CCOCC1. The number of ether oxygens (including phenoxy) is 1. The highest BCUT2D eigenvalue weighted by Crippen LogP contribution is 2.33. The van der Waals surface area contributed by atoms with E-state index in [9.17, 15) is 18.8 Å². The van der Waals surface area contributed by atoms with Gasteiger partial charge in [0.2, 0.25) is 5.91 Å². The molecule has 0 atom stereocenters. The highest BCUT2D eigenvalue weighted by molar-refractivity contribution is 9.10. The molecule has 0 spiro atoms. The lowest BCUT2D eigenvalue weighted by Gasteiger charge is -2.28. The monoisotopic (exact) mass is 428 g/mol. The molecule has 0 unspecified atom stereocenters. The average molecular weight is 429 g/mol. The lowest BCUT2D eigenvalue weighted by atomic mass is 10.2. The number of hydrogen-bond donors (Lipinski definition) is 0. The summed E-state index contributed by atoms with van der Waals surface area (Å²) in [5, 5.41) is -0.534. The third-order valence-electron chi connectivity index (χ3n) is 3.78. The molecule has 0 aromatic heterocycles. The van der Waals surface area contributed by atoms with Crippen molar-refractivity contribution >= 4 is 50.8 Å². The molecule has 2 saturated heterocycles. The fourth-order valence-electron chi connectivity index (χ4n) is 2.45. The summed E-state index contributed by atoms with van der Waals surface area (Å²) < 4.78 is 19.7. The molecule has 1 aromatic rings. The second-order valence-electron chi connectivity index (χ2n) is 5.43. The van der Waals surface area contributed by atoms with E-state index in [1.54, 1.807) is 11.0 Å². The summed E-state index contributed by atoms with van der Waals surface area (Å²) in [7, 11) is 0. The Bertz CT molecular complexity index is 765. The van der Waals surface area contributed by atoms with E-state index in [-0.39, 0.29) is 22.9 Å². The first-order valence-corrected chi connectivity index (χ1v) is 9.12. The Balaban J connectivity index is 1.74. The van der Waals surface area contributed by atoms with Gasteiger partial charge in [-0.05, 0) is 36.0 Å². The minimum absolute atomic E-state index is 0.0942. The summed E-state index contributed by atoms with van der Waals surface area (Å²) in [4.78, 5) is 39.3. The lowest BCUT2D eigenvalue weighted by molar-refractivity contribution is -0.139. The zero-order valence-corrected chi connectivity index (χ0v) is 15.4. The number of imide groups is 1. The molecule has 3 rings (SSSR count). The number of hydrogen-bond acceptors (Lipinski definition) is 5. The fourth-order valence-corrected chi connectivity index (χ4v) is 3.66. The van der Waals surface area contributed by atoms with Gasteiger partial charge in [0.1, 0.15) is 12.4 Å². The van der Waals surface area contributed by atoms with E-state index in [0.717, 1.165) is 4.90 Å². The van der Waals surface area contributed by atoms with Crippen molar-refractivity contribution in [2.24, 2.45) is 0 Å². The second kappa shape index (κ2) is 7.67. The molecule has 25 heavy (non-hydrogen) atoms. The van der Waals surface area contributed by atoms with E-state index in [2.05, 4.69) is 15.9 Å². The summed E-state index contributed by atoms with van der Waals surface area (Å²) in [6, 6.07) is 4.32. The van der Waals surface area contributed by atoms with Crippen LogP contribution in [0.1, 0.15) is 5.56 Å². The molecule has 0 bridgehead atoms. The first kappa shape index (κ1) is 18.1. The molecule has 0 N–H and O–H groups in total. The number of thioether (sulfide) groups is 1. The number of carbonyl (C=O) groups is 3. The van der Waals surface area contributed by atoms with Crippen LogP contribution in [0.5, 0.6) is 0 Å². The van der Waals surface area contributed by atoms with Gasteiger partial charge in [0.25, 0.3) is 11.1 Å². The molecule has 3 amide bonds. The topological polar surface area (TPSA) is 66.9 Å². The van der Waals surface area contributed by atoms with Gasteiger partial charge in [-0.3, -0.25) is 19.3 Å². The van der Waals surface area contributed by atoms with E-state index in [4.69, 9.17) is 4.74 Å². The molecule has 2 heterocycles. The summed E-state index contributed by atoms with van der Waals surface area (Å²) in [5.74, 6) is -1.39. The van der Waals surface area contributed by atoms with Gasteiger partial charge in [0.05, 0.1) is 18.1 Å². The number of morpholine rings is 1. The van der Waals surface area contributed by atoms with Crippen molar-refractivity contribution in [3.63, 3.8) is 0 Å². The van der Waals surface area contributed by atoms with Gasteiger partial charge >= 0.3 is 0 Å². The van der Waals surface area contributed by atoms with Crippen LogP contribution in [0.4, 0.5) is 9.18 Å². The molecule has 2 aliphatic rings. The molecule has 6 nitrogen and oxygen atoms in total. The molecule has 1 aromatic carbocycles. The Morgan fingerprint density at radius 1 is 1.32 bits per heavy atom. The highest BCUT2D eigenvalue weighted by atomic mass is 79.9. The van der Waals surface area contributed by atoms with Crippen molar-refractivity contribution in [3.8, 4) is 0 Å². The molecule has 9 heteroatoms. The molecular formula is C16H14BrFN2O4S. The maximum absolute atomic E-state index is 13.8. The van der Waals surface area contributed by atoms with Crippen LogP contribution in [-0.2, 0) is 14.3 Å². The van der Waals surface area contributed by atoms with Gasteiger partial charge in [-0.2, -0.15) is 0 Å². The number of rotatable bonds is 3. The Kier molecular flexibility index (Phi) is 5.55. The van der Waals surface area contributed by atoms with Gasteiger partial charge < -0.3 is 9.64 Å². The Morgan fingerprint density at radius 2 is 2.04 bits per heavy atom. The number of carbonyl (C=O) groups excluding carboxylic acids is 3. The van der Waals surface area contributed by atoms with Crippen molar-refractivity contribution in [1.82, 2.24) is 9.80 Å². The van der Waals surface area contributed by atoms with Crippen molar-refractivity contribution < 1.29 is 23.5 Å². The zero-order valence-electron chi connectivity index (χ0n) is 13.0. The molecule has 0 aliphatic carbocycles. The molecule has 2 aliphatic heterocycles. The standard InChI is InChI=1S/C16H14BrFN2O4S/c17-11-1-2-12(18)10(7-11)8-13-15(22)20(16(23)25-13)9-14(21)19-3-5-24-6-4-19/h1-2,7-8H,3-6,9H2/b13-8-. The van der Waals surface area contributed by atoms with Crippen LogP contribution in [0, 0.1) is 5.82 Å². The van der Waals surface area contributed by atoms with E-state index >= 15 is 0 Å². The first-order chi connectivity index (χ1) is 12.0. The minimum atomic E-state index is -0.587. The number of amides is 3. The van der Waals surface area contributed by atoms with Gasteiger partial charge in [0.15, 0.2) is 0 Å². The van der Waals surface area contributed by atoms with Crippen LogP contribution in [0.15, 0.2) is 27.6 Å². The predicted molar refractivity (Wildman–Crippen MR) is 94.2 cm³/mol. The van der Waals surface area contributed by atoms with Crippen LogP contribution in [0.2, 0.25) is 0 Å². The number of nitrogens with zero attached hydrogens (tertiary/aromatic N) is 2. The van der Waals surface area contributed by atoms with Crippen molar-refractivity contribution in [2.75, 3.05) is 32.8 Å². The Hall–Kier alpha value is -1.71. The zero-order chi connectivity index (χ0) is 18.0. The largest absolute Gasteiger partial charge is 0.378 e. The second-order valence-corrected chi connectivity index (χ2v) is 7.34. The predicted octanol–water partition coefficient (Wildman–Crippen LogP) is 2.48. The van der Waals surface area contributed by atoms with E-state index in [0.29, 0.717) is 42.5 Å². The smallest absolute Gasteiger partial charge is 0.294 e. The quantitative estimate of drug-likeness (QED) is 0.691. The molecule has 2 fully saturated rings. The maximum Gasteiger partial charge on any atom is 0.294 e. The summed E-state index contributed by atoms with van der Waals surface area (Å²) in [6.45, 7) is 1.44. The normalized spacial score (nSPS) is 19.8. The van der Waals surface area contributed by atoms with Crippen molar-refractivity contribution in [3.05, 3.63) is 39.0 Å². The van der Waals surface area contributed by atoms with E-state index in [1.165, 1.54) is 18.2 Å². The van der Waals surface area contributed by atoms with Gasteiger partial charge in [-0.1, -0.05) is 15.9 Å². The summed E-state index contributed by atoms with van der Waals surface area (Å²) >= 11 is 3.94. The Labute approximate surface area is 156 Å². The maximum atomic E-state index is 13.8. The van der Waals surface area contributed by atoms with Crippen LogP contribution in [0.3, 0.4) is 0 Å². The van der Waals surface area contributed by atoms with Crippen molar-refractivity contribution in [2.45, 2.75) is 0 Å². The summed E-state index contributed by atoms with van der Waals surface area (Å²) in [5.41, 5.74) is 0.194. The first-order valence-electron chi connectivity index (χ1n) is 7.51. The van der Waals surface area contributed by atoms with Gasteiger partial charge in [0, 0.05) is 23.1 Å². The molecule has 0 saturated carbocycles. The number of benzene rings is 1. The highest BCUT2D eigenvalue weighted by Gasteiger charge is 2.37. The molecular weight excluding hydrogens is 415 g/mol. The minimum Gasteiger partial charge on any atom is -0.378 e. The number of halogens is 2.